The predicted molar refractivity (Wildman–Crippen MR) is 89.7 cm³/mol. The highest BCUT2D eigenvalue weighted by molar-refractivity contribution is 5.92. The van der Waals surface area contributed by atoms with Crippen LogP contribution in [-0.4, -0.2) is 23.4 Å². The molecule has 1 aliphatic heterocycles. The molecule has 1 atom stereocenters. The highest BCUT2D eigenvalue weighted by Gasteiger charge is 2.29. The molecule has 0 spiro atoms. The maximum Gasteiger partial charge on any atom is 0.416 e. The van der Waals surface area contributed by atoms with Crippen LogP contribution < -0.4 is 0 Å². The van der Waals surface area contributed by atoms with E-state index in [2.05, 4.69) is 19.1 Å². The van der Waals surface area contributed by atoms with Gasteiger partial charge in [-0.25, -0.2) is 9.69 Å². The maximum atomic E-state index is 12.1. The fourth-order valence-electron chi connectivity index (χ4n) is 2.62. The molecule has 1 saturated heterocycles. The molecule has 0 aromatic heterocycles. The van der Waals surface area contributed by atoms with Gasteiger partial charge in [-0.15, -0.1) is 0 Å². The first-order valence-electron chi connectivity index (χ1n) is 8.38. The van der Waals surface area contributed by atoms with E-state index in [1.54, 1.807) is 0 Å². The maximum absolute atomic E-state index is 12.1. The van der Waals surface area contributed by atoms with Crippen LogP contribution in [0, 0.1) is 5.92 Å². The standard InChI is InChI=1S/C19H25NO3/c1-2-3-4-6-9-16-12-13-20(18(21)14-16)19(22)23-15-17-10-7-5-8-11-17/h5-11,16H,2-4,12-15H2,1H3/b9-6+/t16-/m1/s1. The van der Waals surface area contributed by atoms with Crippen molar-refractivity contribution in [2.24, 2.45) is 5.92 Å². The van der Waals surface area contributed by atoms with E-state index in [0.29, 0.717) is 13.0 Å². The molecule has 4 heteroatoms. The number of carbonyl (C=O) groups excluding carboxylic acids is 2. The molecule has 0 N–H and O–H groups in total. The lowest BCUT2D eigenvalue weighted by molar-refractivity contribution is -0.132. The number of imide groups is 1. The third-order valence-electron chi connectivity index (χ3n) is 4.02. The number of likely N-dealkylation sites (tertiary alicyclic amines) is 1. The lowest BCUT2D eigenvalue weighted by atomic mass is 9.95. The zero-order valence-corrected chi connectivity index (χ0v) is 13.7. The molecule has 1 aromatic rings. The highest BCUT2D eigenvalue weighted by Crippen LogP contribution is 2.21. The number of rotatable bonds is 6. The summed E-state index contributed by atoms with van der Waals surface area (Å²) in [6.07, 6.45) is 8.36. The Morgan fingerprint density at radius 1 is 1.35 bits per heavy atom. The van der Waals surface area contributed by atoms with Crippen LogP contribution in [0.3, 0.4) is 0 Å². The van der Waals surface area contributed by atoms with Gasteiger partial charge in [0.05, 0.1) is 0 Å². The van der Waals surface area contributed by atoms with Gasteiger partial charge in [0.2, 0.25) is 5.91 Å². The van der Waals surface area contributed by atoms with E-state index in [1.807, 2.05) is 30.3 Å². The van der Waals surface area contributed by atoms with Crippen molar-refractivity contribution in [2.75, 3.05) is 6.54 Å². The Labute approximate surface area is 138 Å². The molecule has 124 valence electrons. The Morgan fingerprint density at radius 3 is 2.83 bits per heavy atom. The summed E-state index contributed by atoms with van der Waals surface area (Å²) in [4.78, 5) is 25.4. The second-order valence-electron chi connectivity index (χ2n) is 5.91. The molecular weight excluding hydrogens is 290 g/mol. The summed E-state index contributed by atoms with van der Waals surface area (Å²) in [7, 11) is 0. The summed E-state index contributed by atoms with van der Waals surface area (Å²) >= 11 is 0. The molecule has 4 nitrogen and oxygen atoms in total. The molecule has 2 amide bonds. The van der Waals surface area contributed by atoms with Crippen LogP contribution in [0.4, 0.5) is 4.79 Å². The van der Waals surface area contributed by atoms with E-state index < -0.39 is 6.09 Å². The summed E-state index contributed by atoms with van der Waals surface area (Å²) in [6, 6.07) is 9.48. The number of allylic oxidation sites excluding steroid dienone is 2. The second kappa shape index (κ2) is 9.13. The molecule has 0 saturated carbocycles. The van der Waals surface area contributed by atoms with E-state index in [9.17, 15) is 9.59 Å². The first-order valence-corrected chi connectivity index (χ1v) is 8.38. The van der Waals surface area contributed by atoms with Gasteiger partial charge in [-0.3, -0.25) is 4.79 Å². The van der Waals surface area contributed by atoms with Crippen molar-refractivity contribution in [3.8, 4) is 0 Å². The van der Waals surface area contributed by atoms with Crippen LogP contribution in [0.2, 0.25) is 0 Å². The number of carbonyl (C=O) groups is 2. The van der Waals surface area contributed by atoms with Crippen molar-refractivity contribution in [3.05, 3.63) is 48.0 Å². The molecule has 1 aromatic carbocycles. The average Bonchev–Trinajstić information content (AvgIpc) is 2.58. The number of piperidine rings is 1. The van der Waals surface area contributed by atoms with Crippen molar-refractivity contribution in [2.45, 2.75) is 45.6 Å². The normalized spacial score (nSPS) is 18.4. The zero-order valence-electron chi connectivity index (χ0n) is 13.7. The SMILES string of the molecule is CCCC/C=C/[C@@H]1CCN(C(=O)OCc2ccccc2)C(=O)C1. The Bertz CT molecular complexity index is 539. The van der Waals surface area contributed by atoms with Crippen LogP contribution in [0.25, 0.3) is 0 Å². The smallest absolute Gasteiger partial charge is 0.416 e. The first-order chi connectivity index (χ1) is 11.2. The van der Waals surface area contributed by atoms with E-state index in [-0.39, 0.29) is 18.4 Å². The van der Waals surface area contributed by atoms with Gasteiger partial charge >= 0.3 is 6.09 Å². The molecule has 23 heavy (non-hydrogen) atoms. The lowest BCUT2D eigenvalue weighted by Crippen LogP contribution is -2.42. The molecule has 0 bridgehead atoms. The van der Waals surface area contributed by atoms with Crippen LogP contribution in [0.1, 0.15) is 44.6 Å². The molecule has 2 rings (SSSR count). The number of hydrogen-bond donors (Lipinski definition) is 0. The quantitative estimate of drug-likeness (QED) is 0.580. The van der Waals surface area contributed by atoms with Crippen molar-refractivity contribution in [1.82, 2.24) is 4.90 Å². The zero-order chi connectivity index (χ0) is 16.5. The number of nitrogens with zero attached hydrogens (tertiary/aromatic N) is 1. The molecule has 1 heterocycles. The van der Waals surface area contributed by atoms with Gasteiger partial charge in [0.15, 0.2) is 0 Å². The summed E-state index contributed by atoms with van der Waals surface area (Å²) in [5, 5.41) is 0. The summed E-state index contributed by atoms with van der Waals surface area (Å²) in [5.74, 6) is 0.108. The topological polar surface area (TPSA) is 46.6 Å². The van der Waals surface area contributed by atoms with Crippen molar-refractivity contribution in [1.29, 1.82) is 0 Å². The van der Waals surface area contributed by atoms with Gasteiger partial charge in [0.25, 0.3) is 0 Å². The van der Waals surface area contributed by atoms with Crippen LogP contribution in [0.15, 0.2) is 42.5 Å². The molecule has 1 fully saturated rings. The molecule has 0 aliphatic carbocycles. The second-order valence-corrected chi connectivity index (χ2v) is 5.91. The summed E-state index contributed by atoms with van der Waals surface area (Å²) < 4.78 is 5.23. The number of hydrogen-bond acceptors (Lipinski definition) is 3. The van der Waals surface area contributed by atoms with E-state index in [0.717, 1.165) is 18.4 Å². The van der Waals surface area contributed by atoms with E-state index >= 15 is 0 Å². The summed E-state index contributed by atoms with van der Waals surface area (Å²) in [6.45, 7) is 2.80. The van der Waals surface area contributed by atoms with E-state index in [4.69, 9.17) is 4.74 Å². The van der Waals surface area contributed by atoms with Crippen LogP contribution >= 0.6 is 0 Å². The third kappa shape index (κ3) is 5.55. The minimum absolute atomic E-state index is 0.139. The number of amides is 2. The first kappa shape index (κ1) is 17.3. The lowest BCUT2D eigenvalue weighted by Gasteiger charge is -2.28. The molecule has 1 aliphatic rings. The third-order valence-corrected chi connectivity index (χ3v) is 4.02. The predicted octanol–water partition coefficient (Wildman–Crippen LogP) is 4.31. The van der Waals surface area contributed by atoms with Gasteiger partial charge in [-0.05, 0) is 24.3 Å². The van der Waals surface area contributed by atoms with Gasteiger partial charge in [0, 0.05) is 13.0 Å². The van der Waals surface area contributed by atoms with E-state index in [1.165, 1.54) is 17.7 Å². The Hall–Kier alpha value is -2.10. The largest absolute Gasteiger partial charge is 0.444 e. The number of benzene rings is 1. The van der Waals surface area contributed by atoms with Crippen molar-refractivity contribution < 1.29 is 14.3 Å². The fourth-order valence-corrected chi connectivity index (χ4v) is 2.62. The monoisotopic (exact) mass is 315 g/mol. The van der Waals surface area contributed by atoms with Crippen LogP contribution in [0.5, 0.6) is 0 Å². The minimum atomic E-state index is -0.535. The summed E-state index contributed by atoms with van der Waals surface area (Å²) in [5.41, 5.74) is 0.919. The minimum Gasteiger partial charge on any atom is -0.444 e. The number of unbranched alkanes of at least 4 members (excludes halogenated alkanes) is 2. The number of ether oxygens (including phenoxy) is 1. The Kier molecular flexibility index (Phi) is 6.85. The average molecular weight is 315 g/mol. The fraction of sp³-hybridized carbons (Fsp3) is 0.474. The molecular formula is C19H25NO3. The van der Waals surface area contributed by atoms with Gasteiger partial charge < -0.3 is 4.74 Å². The molecule has 0 unspecified atom stereocenters. The molecule has 0 radical (unpaired) electrons. The van der Waals surface area contributed by atoms with Gasteiger partial charge in [0.1, 0.15) is 6.61 Å². The van der Waals surface area contributed by atoms with Crippen LogP contribution in [-0.2, 0) is 16.1 Å². The highest BCUT2D eigenvalue weighted by atomic mass is 16.6. The van der Waals surface area contributed by atoms with Crippen molar-refractivity contribution in [3.63, 3.8) is 0 Å². The Morgan fingerprint density at radius 2 is 2.13 bits per heavy atom. The van der Waals surface area contributed by atoms with Gasteiger partial charge in [-0.2, -0.15) is 0 Å². The van der Waals surface area contributed by atoms with Gasteiger partial charge in [-0.1, -0.05) is 62.2 Å². The Balaban J connectivity index is 1.77. The van der Waals surface area contributed by atoms with Crippen molar-refractivity contribution >= 4 is 12.0 Å².